The molecule has 0 fully saturated rings. The van der Waals surface area contributed by atoms with E-state index < -0.39 is 6.04 Å². The molecule has 196 valence electrons. The van der Waals surface area contributed by atoms with Crippen molar-refractivity contribution in [1.29, 1.82) is 0 Å². The van der Waals surface area contributed by atoms with E-state index in [2.05, 4.69) is 9.88 Å². The molecule has 5 rings (SSSR count). The van der Waals surface area contributed by atoms with E-state index in [4.69, 9.17) is 14.2 Å². The van der Waals surface area contributed by atoms with Crippen molar-refractivity contribution < 1.29 is 23.8 Å². The zero-order valence-corrected chi connectivity index (χ0v) is 22.5. The number of aryl methyl sites for hydroxylation is 1. The number of aromatic nitrogens is 1. The number of benzene rings is 3. The minimum absolute atomic E-state index is 0.174. The lowest BCUT2D eigenvalue weighted by atomic mass is 10.0. The van der Waals surface area contributed by atoms with Crippen LogP contribution in [0, 0.1) is 0 Å². The van der Waals surface area contributed by atoms with Crippen LogP contribution < -0.4 is 24.4 Å². The van der Waals surface area contributed by atoms with Crippen molar-refractivity contribution in [3.63, 3.8) is 0 Å². The highest BCUT2D eigenvalue weighted by Gasteiger charge is 2.40. The number of nitrogens with one attached hydrogen (secondary N) is 1. The molecule has 2 amide bonds. The highest BCUT2D eigenvalue weighted by atomic mass is 32.2. The maximum absolute atomic E-state index is 14.2. The van der Waals surface area contributed by atoms with Gasteiger partial charge in [0.25, 0.3) is 0 Å². The summed E-state index contributed by atoms with van der Waals surface area (Å²) in [5.41, 5.74) is 3.14. The van der Waals surface area contributed by atoms with Crippen LogP contribution in [0.25, 0.3) is 10.9 Å². The van der Waals surface area contributed by atoms with Gasteiger partial charge in [-0.25, -0.2) is 0 Å². The molecule has 9 heteroatoms. The maximum atomic E-state index is 14.2. The third-order valence-electron chi connectivity index (χ3n) is 6.73. The Morgan fingerprint density at radius 1 is 0.974 bits per heavy atom. The predicted octanol–water partition coefficient (Wildman–Crippen LogP) is 4.70. The second kappa shape index (κ2) is 10.7. The Morgan fingerprint density at radius 2 is 1.66 bits per heavy atom. The molecule has 1 atom stereocenters. The molecule has 0 radical (unpaired) electrons. The van der Waals surface area contributed by atoms with E-state index in [9.17, 15) is 9.59 Å². The van der Waals surface area contributed by atoms with Crippen molar-refractivity contribution in [2.24, 2.45) is 7.05 Å². The number of nitrogens with zero attached hydrogens (tertiary/aromatic N) is 2. The summed E-state index contributed by atoms with van der Waals surface area (Å²) >= 11 is 1.44. The van der Waals surface area contributed by atoms with Crippen molar-refractivity contribution in [3.05, 3.63) is 77.9 Å². The Balaban J connectivity index is 1.66. The number of rotatable bonds is 7. The minimum atomic E-state index is -0.926. The number of hydrogen-bond donors (Lipinski definition) is 1. The first kappa shape index (κ1) is 25.5. The van der Waals surface area contributed by atoms with E-state index in [0.29, 0.717) is 22.9 Å². The molecule has 38 heavy (non-hydrogen) atoms. The van der Waals surface area contributed by atoms with E-state index >= 15 is 0 Å². The van der Waals surface area contributed by atoms with Gasteiger partial charge in [-0.1, -0.05) is 48.2 Å². The number of carbonyl (C=O) groups excluding carboxylic acids is 2. The maximum Gasteiger partial charge on any atom is 0.248 e. The zero-order chi connectivity index (χ0) is 26.8. The Bertz CT molecular complexity index is 1490. The zero-order valence-electron chi connectivity index (χ0n) is 21.7. The van der Waals surface area contributed by atoms with Gasteiger partial charge in [-0.05, 0) is 12.1 Å². The van der Waals surface area contributed by atoms with Gasteiger partial charge in [0.1, 0.15) is 23.3 Å². The first-order chi connectivity index (χ1) is 18.5. The number of hydrogen-bond acceptors (Lipinski definition) is 6. The predicted molar refractivity (Wildman–Crippen MR) is 148 cm³/mol. The molecule has 1 aliphatic rings. The fourth-order valence-electron chi connectivity index (χ4n) is 4.91. The molecule has 1 unspecified atom stereocenters. The van der Waals surface area contributed by atoms with Gasteiger partial charge in [0.05, 0.1) is 37.8 Å². The van der Waals surface area contributed by atoms with Crippen LogP contribution in [0.2, 0.25) is 0 Å². The van der Waals surface area contributed by atoms with Gasteiger partial charge in [0.15, 0.2) is 0 Å². The summed E-state index contributed by atoms with van der Waals surface area (Å²) in [5.74, 6) is 1.41. The average molecular weight is 532 g/mol. The van der Waals surface area contributed by atoms with Crippen LogP contribution in [0.4, 0.5) is 5.69 Å². The summed E-state index contributed by atoms with van der Waals surface area (Å²) in [6.45, 7) is 0.246. The van der Waals surface area contributed by atoms with Gasteiger partial charge in [-0.2, -0.15) is 0 Å². The van der Waals surface area contributed by atoms with Crippen molar-refractivity contribution in [1.82, 2.24) is 9.88 Å². The molecular weight excluding hydrogens is 502 g/mol. The van der Waals surface area contributed by atoms with Crippen molar-refractivity contribution in [2.45, 2.75) is 17.6 Å². The highest BCUT2D eigenvalue weighted by Crippen LogP contribution is 2.44. The van der Waals surface area contributed by atoms with Crippen LogP contribution in [0.3, 0.4) is 0 Å². The molecule has 8 nitrogen and oxygen atoms in total. The molecule has 1 N–H and O–H groups in total. The van der Waals surface area contributed by atoms with Crippen LogP contribution in [0.5, 0.6) is 17.2 Å². The lowest BCUT2D eigenvalue weighted by molar-refractivity contribution is -0.125. The third-order valence-corrected chi connectivity index (χ3v) is 7.89. The van der Waals surface area contributed by atoms with Gasteiger partial charge < -0.3 is 24.1 Å². The van der Waals surface area contributed by atoms with Crippen LogP contribution in [-0.2, 0) is 23.2 Å². The summed E-state index contributed by atoms with van der Waals surface area (Å²) in [5, 5.41) is 4.87. The summed E-state index contributed by atoms with van der Waals surface area (Å²) in [6.07, 6.45) is 0. The van der Waals surface area contributed by atoms with Crippen LogP contribution >= 0.6 is 11.8 Å². The van der Waals surface area contributed by atoms with Crippen LogP contribution in [0.1, 0.15) is 17.2 Å². The van der Waals surface area contributed by atoms with Crippen LogP contribution in [-0.4, -0.2) is 43.5 Å². The first-order valence-corrected chi connectivity index (χ1v) is 13.1. The first-order valence-electron chi connectivity index (χ1n) is 12.1. The van der Waals surface area contributed by atoms with Crippen molar-refractivity contribution in [2.75, 3.05) is 32.0 Å². The smallest absolute Gasteiger partial charge is 0.248 e. The molecule has 0 saturated heterocycles. The third kappa shape index (κ3) is 4.54. The average Bonchev–Trinajstić information content (AvgIpc) is 3.13. The largest absolute Gasteiger partial charge is 0.497 e. The lowest BCUT2D eigenvalue weighted by Gasteiger charge is -2.30. The molecule has 4 aromatic rings. The fourth-order valence-corrected chi connectivity index (χ4v) is 5.98. The second-order valence-corrected chi connectivity index (χ2v) is 9.81. The molecular formula is C29H29N3O5S. The number of thioether (sulfide) groups is 1. The van der Waals surface area contributed by atoms with Crippen LogP contribution in [0.15, 0.2) is 71.8 Å². The van der Waals surface area contributed by atoms with E-state index in [-0.39, 0.29) is 24.1 Å². The molecule has 2 heterocycles. The highest BCUT2D eigenvalue weighted by molar-refractivity contribution is 8.00. The number of carbonyl (C=O) groups is 2. The molecule has 0 bridgehead atoms. The Morgan fingerprint density at radius 3 is 2.37 bits per heavy atom. The second-order valence-electron chi connectivity index (χ2n) is 8.85. The number of anilines is 1. The molecule has 0 aliphatic carbocycles. The van der Waals surface area contributed by atoms with Gasteiger partial charge in [-0.3, -0.25) is 14.5 Å². The Kier molecular flexibility index (Phi) is 7.20. The number of para-hydroxylation sites is 2. The minimum Gasteiger partial charge on any atom is -0.497 e. The molecule has 3 aromatic carbocycles. The van der Waals surface area contributed by atoms with E-state index in [0.717, 1.165) is 27.1 Å². The normalized spacial score (nSPS) is 15.1. The number of methoxy groups -OCH3 is 3. The topological polar surface area (TPSA) is 82.0 Å². The molecule has 1 aliphatic heterocycles. The molecule has 1 aromatic heterocycles. The standard InChI is InChI=1S/C29H29N3O5S/c1-31-23-11-7-6-10-22(23)26-27(28(34)30-16-18-9-5-8-12-24(18)37-4)32(25(33)17-38-29(26)31)19-13-20(35-2)15-21(14-19)36-3/h5-15,27H,16-17H2,1-4H3,(H,30,34). The van der Waals surface area contributed by atoms with Gasteiger partial charge in [0, 0.05) is 53.8 Å². The van der Waals surface area contributed by atoms with E-state index in [1.54, 1.807) is 44.4 Å². The molecule has 0 spiro atoms. The summed E-state index contributed by atoms with van der Waals surface area (Å²) in [7, 11) is 6.67. The summed E-state index contributed by atoms with van der Waals surface area (Å²) < 4.78 is 18.5. The summed E-state index contributed by atoms with van der Waals surface area (Å²) in [4.78, 5) is 29.4. The van der Waals surface area contributed by atoms with E-state index in [1.165, 1.54) is 11.8 Å². The lowest BCUT2D eigenvalue weighted by Crippen LogP contribution is -2.43. The van der Waals surface area contributed by atoms with Gasteiger partial charge in [-0.15, -0.1) is 0 Å². The van der Waals surface area contributed by atoms with Gasteiger partial charge in [0.2, 0.25) is 11.8 Å². The number of ether oxygens (including phenoxy) is 3. The summed E-state index contributed by atoms with van der Waals surface area (Å²) in [6, 6.07) is 19.8. The van der Waals surface area contributed by atoms with Crippen molar-refractivity contribution >= 4 is 40.2 Å². The van der Waals surface area contributed by atoms with E-state index in [1.807, 2.05) is 55.6 Å². The fraction of sp³-hybridized carbons (Fsp3) is 0.241. The monoisotopic (exact) mass is 531 g/mol. The number of fused-ring (bicyclic) bond motifs is 3. The Hall–Kier alpha value is -4.11. The van der Waals surface area contributed by atoms with Gasteiger partial charge >= 0.3 is 0 Å². The number of amides is 2. The molecule has 0 saturated carbocycles. The SMILES string of the molecule is COc1cc(OC)cc(N2C(=O)CSc3c(c4ccccc4n3C)C2C(=O)NCc2ccccc2OC)c1. The van der Waals surface area contributed by atoms with Crippen molar-refractivity contribution in [3.8, 4) is 17.2 Å². The Labute approximate surface area is 225 Å². The quantitative estimate of drug-likeness (QED) is 0.372.